The van der Waals surface area contributed by atoms with E-state index in [1.165, 1.54) is 5.56 Å². The van der Waals surface area contributed by atoms with E-state index in [0.29, 0.717) is 18.4 Å². The summed E-state index contributed by atoms with van der Waals surface area (Å²) in [6.07, 6.45) is 3.34. The largest absolute Gasteiger partial charge is 0.311 e. The monoisotopic (exact) mass is 396 g/mol. The molecule has 5 heteroatoms. The average Bonchev–Trinajstić information content (AvgIpc) is 2.56. The fourth-order valence-corrected chi connectivity index (χ4v) is 3.15. The number of carbonyl (C=O) groups excluding carboxylic acids is 1. The molecule has 1 N–H and O–H groups in total. The van der Waals surface area contributed by atoms with Crippen molar-refractivity contribution < 1.29 is 4.79 Å². The molecule has 0 aromatic heterocycles. The average molecular weight is 397 g/mol. The molecular formula is C18H25BrN2OS. The number of halogens is 1. The SMILES string of the molecule is CC(C)c1ccc(CC=O)cc1.CNC(C)C1=NC=C(Br)CS1. The van der Waals surface area contributed by atoms with E-state index in [1.54, 1.807) is 11.8 Å². The van der Waals surface area contributed by atoms with E-state index in [1.807, 2.05) is 25.4 Å². The molecule has 3 nitrogen and oxygen atoms in total. The molecule has 0 radical (unpaired) electrons. The lowest BCUT2D eigenvalue weighted by molar-refractivity contribution is -0.107. The number of nitrogens with one attached hydrogen (secondary N) is 1. The van der Waals surface area contributed by atoms with Gasteiger partial charge >= 0.3 is 0 Å². The van der Waals surface area contributed by atoms with Gasteiger partial charge in [0.15, 0.2) is 0 Å². The Labute approximate surface area is 152 Å². The zero-order valence-corrected chi connectivity index (χ0v) is 16.6. The third-order valence-corrected chi connectivity index (χ3v) is 5.53. The van der Waals surface area contributed by atoms with Crippen LogP contribution in [0.5, 0.6) is 0 Å². The van der Waals surface area contributed by atoms with Crippen LogP contribution < -0.4 is 5.32 Å². The first-order valence-corrected chi connectivity index (χ1v) is 9.50. The van der Waals surface area contributed by atoms with Gasteiger partial charge in [-0.15, -0.1) is 11.8 Å². The van der Waals surface area contributed by atoms with Gasteiger partial charge in [-0.25, -0.2) is 0 Å². The highest BCUT2D eigenvalue weighted by molar-refractivity contribution is 9.11. The van der Waals surface area contributed by atoms with Crippen molar-refractivity contribution in [3.8, 4) is 0 Å². The predicted octanol–water partition coefficient (Wildman–Crippen LogP) is 4.53. The number of benzene rings is 1. The van der Waals surface area contributed by atoms with Gasteiger partial charge in [0, 0.05) is 22.9 Å². The van der Waals surface area contributed by atoms with Crippen LogP contribution in [0.25, 0.3) is 0 Å². The van der Waals surface area contributed by atoms with Crippen molar-refractivity contribution in [3.05, 3.63) is 46.1 Å². The molecule has 0 aliphatic carbocycles. The molecule has 1 aliphatic heterocycles. The van der Waals surface area contributed by atoms with Crippen molar-refractivity contribution >= 4 is 39.0 Å². The van der Waals surface area contributed by atoms with Crippen LogP contribution in [-0.4, -0.2) is 30.2 Å². The van der Waals surface area contributed by atoms with Crippen molar-refractivity contribution in [3.63, 3.8) is 0 Å². The van der Waals surface area contributed by atoms with Gasteiger partial charge in [-0.1, -0.05) is 54.0 Å². The molecule has 0 bridgehead atoms. The highest BCUT2D eigenvalue weighted by atomic mass is 79.9. The molecule has 1 aliphatic rings. The summed E-state index contributed by atoms with van der Waals surface area (Å²) in [5.41, 5.74) is 2.42. The first-order valence-electron chi connectivity index (χ1n) is 7.72. The van der Waals surface area contributed by atoms with Crippen LogP contribution in [-0.2, 0) is 11.2 Å². The maximum absolute atomic E-state index is 10.2. The fraction of sp³-hybridized carbons (Fsp3) is 0.444. The Hall–Kier alpha value is -0.910. The van der Waals surface area contributed by atoms with E-state index in [-0.39, 0.29) is 0 Å². The molecule has 0 fully saturated rings. The fourth-order valence-electron chi connectivity index (χ4n) is 1.85. The molecule has 1 atom stereocenters. The van der Waals surface area contributed by atoms with E-state index >= 15 is 0 Å². The van der Waals surface area contributed by atoms with E-state index in [9.17, 15) is 4.79 Å². The lowest BCUT2D eigenvalue weighted by Gasteiger charge is -2.15. The molecule has 1 heterocycles. The maximum Gasteiger partial charge on any atom is 0.124 e. The van der Waals surface area contributed by atoms with Crippen molar-refractivity contribution in [2.24, 2.45) is 4.99 Å². The number of hydrogen-bond acceptors (Lipinski definition) is 4. The summed E-state index contributed by atoms with van der Waals surface area (Å²) >= 11 is 5.18. The molecule has 1 aromatic carbocycles. The van der Waals surface area contributed by atoms with Gasteiger partial charge in [0.05, 0.1) is 11.1 Å². The van der Waals surface area contributed by atoms with E-state index < -0.39 is 0 Å². The number of nitrogens with zero attached hydrogens (tertiary/aromatic N) is 1. The lowest BCUT2D eigenvalue weighted by Crippen LogP contribution is -2.29. The highest BCUT2D eigenvalue weighted by Crippen LogP contribution is 2.21. The third-order valence-electron chi connectivity index (χ3n) is 3.46. The van der Waals surface area contributed by atoms with Crippen molar-refractivity contribution in [1.29, 1.82) is 0 Å². The summed E-state index contributed by atoms with van der Waals surface area (Å²) < 4.78 is 1.16. The van der Waals surface area contributed by atoms with Gasteiger partial charge in [0.2, 0.25) is 0 Å². The van der Waals surface area contributed by atoms with Crippen molar-refractivity contribution in [2.75, 3.05) is 12.8 Å². The van der Waals surface area contributed by atoms with Crippen LogP contribution in [0.2, 0.25) is 0 Å². The summed E-state index contributed by atoms with van der Waals surface area (Å²) in [7, 11) is 1.95. The molecule has 0 amide bonds. The Bertz CT molecular complexity index is 553. The number of carbonyl (C=O) groups is 1. The van der Waals surface area contributed by atoms with Crippen LogP contribution in [0.4, 0.5) is 0 Å². The third kappa shape index (κ3) is 7.46. The number of thioether (sulfide) groups is 1. The summed E-state index contributed by atoms with van der Waals surface area (Å²) in [5.74, 6) is 1.57. The Morgan fingerprint density at radius 3 is 2.39 bits per heavy atom. The number of rotatable bonds is 5. The zero-order chi connectivity index (χ0) is 17.2. The molecule has 0 spiro atoms. The summed E-state index contributed by atoms with van der Waals surface area (Å²) in [5, 5.41) is 4.32. The molecule has 126 valence electrons. The molecule has 0 saturated heterocycles. The quantitative estimate of drug-likeness (QED) is 0.743. The van der Waals surface area contributed by atoms with Crippen LogP contribution in [0, 0.1) is 0 Å². The summed E-state index contributed by atoms with van der Waals surface area (Å²) in [6.45, 7) is 6.43. The predicted molar refractivity (Wildman–Crippen MR) is 106 cm³/mol. The van der Waals surface area contributed by atoms with Gasteiger partial charge in [-0.3, -0.25) is 4.99 Å². The first-order chi connectivity index (χ1) is 11.0. The smallest absolute Gasteiger partial charge is 0.124 e. The molecule has 23 heavy (non-hydrogen) atoms. The minimum atomic E-state index is 0.372. The summed E-state index contributed by atoms with van der Waals surface area (Å²) in [4.78, 5) is 14.5. The number of aliphatic imine (C=N–C) groups is 1. The van der Waals surface area contributed by atoms with Crippen LogP contribution in [0.1, 0.15) is 37.8 Å². The molecule has 0 saturated carbocycles. The van der Waals surface area contributed by atoms with Gasteiger partial charge in [-0.2, -0.15) is 0 Å². The Morgan fingerprint density at radius 1 is 1.30 bits per heavy atom. The first kappa shape index (κ1) is 20.1. The topological polar surface area (TPSA) is 41.5 Å². The van der Waals surface area contributed by atoms with Gasteiger partial charge in [-0.05, 0) is 31.0 Å². The maximum atomic E-state index is 10.2. The zero-order valence-electron chi connectivity index (χ0n) is 14.2. The Kier molecular flexibility index (Phi) is 9.44. The number of aldehydes is 1. The minimum absolute atomic E-state index is 0.372. The second-order valence-electron chi connectivity index (χ2n) is 5.61. The summed E-state index contributed by atoms with van der Waals surface area (Å²) in [6, 6.07) is 8.58. The second kappa shape index (κ2) is 10.8. The van der Waals surface area contributed by atoms with E-state index in [2.05, 4.69) is 59.1 Å². The highest BCUT2D eigenvalue weighted by Gasteiger charge is 2.11. The van der Waals surface area contributed by atoms with Crippen LogP contribution in [0.15, 0.2) is 39.9 Å². The van der Waals surface area contributed by atoms with Gasteiger partial charge < -0.3 is 10.1 Å². The van der Waals surface area contributed by atoms with Crippen LogP contribution in [0.3, 0.4) is 0 Å². The van der Waals surface area contributed by atoms with Crippen molar-refractivity contribution in [2.45, 2.75) is 39.2 Å². The molecular weight excluding hydrogens is 372 g/mol. The van der Waals surface area contributed by atoms with E-state index in [4.69, 9.17) is 0 Å². The minimum Gasteiger partial charge on any atom is -0.311 e. The van der Waals surface area contributed by atoms with Gasteiger partial charge in [0.1, 0.15) is 6.29 Å². The lowest BCUT2D eigenvalue weighted by atomic mass is 10.0. The normalized spacial score (nSPS) is 15.2. The molecule has 1 aromatic rings. The standard InChI is InChI=1S/C11H14O.C7H11BrN2S/c1-9(2)11-5-3-10(4-6-11)7-8-12;1-5(9-2)7-10-3-6(8)4-11-7/h3-6,8-9H,7H2,1-2H3;3,5,9H,4H2,1-2H3. The Morgan fingerprint density at radius 2 is 1.96 bits per heavy atom. The van der Waals surface area contributed by atoms with Crippen LogP contribution >= 0.6 is 27.7 Å². The molecule has 1 unspecified atom stereocenters. The second-order valence-corrected chi connectivity index (χ2v) is 7.62. The van der Waals surface area contributed by atoms with Crippen molar-refractivity contribution in [1.82, 2.24) is 5.32 Å². The molecule has 2 rings (SSSR count). The van der Waals surface area contributed by atoms with E-state index in [0.717, 1.165) is 27.1 Å². The Balaban J connectivity index is 0.000000231. The van der Waals surface area contributed by atoms with Gasteiger partial charge in [0.25, 0.3) is 0 Å². The number of hydrogen-bond donors (Lipinski definition) is 1.